The minimum Gasteiger partial charge on any atom is -0.369 e. The van der Waals surface area contributed by atoms with Crippen molar-refractivity contribution in [2.24, 2.45) is 0 Å². The summed E-state index contributed by atoms with van der Waals surface area (Å²) in [6.45, 7) is 2.78. The summed E-state index contributed by atoms with van der Waals surface area (Å²) >= 11 is 0. The Labute approximate surface area is 88.7 Å². The van der Waals surface area contributed by atoms with Gasteiger partial charge in [0.1, 0.15) is 6.17 Å². The number of hydrogen-bond acceptors (Lipinski definition) is 2. The molecule has 0 spiro atoms. The first-order valence-corrected chi connectivity index (χ1v) is 5.17. The number of ketones is 1. The summed E-state index contributed by atoms with van der Waals surface area (Å²) < 4.78 is 13.0. The van der Waals surface area contributed by atoms with E-state index in [4.69, 9.17) is 0 Å². The van der Waals surface area contributed by atoms with Crippen molar-refractivity contribution in [1.29, 1.82) is 0 Å². The molecule has 3 heteroatoms. The molecule has 80 valence electrons. The molecule has 0 radical (unpaired) electrons. The van der Waals surface area contributed by atoms with Crippen molar-refractivity contribution in [3.05, 3.63) is 29.8 Å². The van der Waals surface area contributed by atoms with Crippen molar-refractivity contribution >= 4 is 11.5 Å². The SMILES string of the molecule is CC(=O)c1ccc(N2CCC(F)C2)cc1. The minimum absolute atomic E-state index is 0.0614. The number of benzene rings is 1. The van der Waals surface area contributed by atoms with E-state index in [0.717, 1.165) is 12.2 Å². The zero-order valence-corrected chi connectivity index (χ0v) is 8.74. The van der Waals surface area contributed by atoms with Crippen molar-refractivity contribution in [3.8, 4) is 0 Å². The van der Waals surface area contributed by atoms with E-state index >= 15 is 0 Å². The lowest BCUT2D eigenvalue weighted by molar-refractivity contribution is 0.101. The second-order valence-corrected chi connectivity index (χ2v) is 3.94. The molecule has 2 nitrogen and oxygen atoms in total. The number of rotatable bonds is 2. The highest BCUT2D eigenvalue weighted by molar-refractivity contribution is 5.94. The Hall–Kier alpha value is -1.38. The highest BCUT2D eigenvalue weighted by atomic mass is 19.1. The second-order valence-electron chi connectivity index (χ2n) is 3.94. The molecule has 0 bridgehead atoms. The van der Waals surface area contributed by atoms with Crippen LogP contribution in [0.25, 0.3) is 0 Å². The second kappa shape index (κ2) is 4.01. The van der Waals surface area contributed by atoms with Gasteiger partial charge in [-0.1, -0.05) is 0 Å². The standard InChI is InChI=1S/C12H14FNO/c1-9(15)10-2-4-12(5-3-10)14-7-6-11(13)8-14/h2-5,11H,6-8H2,1H3. The van der Waals surface area contributed by atoms with Crippen LogP contribution in [0.15, 0.2) is 24.3 Å². The Morgan fingerprint density at radius 2 is 2.07 bits per heavy atom. The number of anilines is 1. The van der Waals surface area contributed by atoms with Crippen LogP contribution in [-0.2, 0) is 0 Å². The fraction of sp³-hybridized carbons (Fsp3) is 0.417. The number of alkyl halides is 1. The lowest BCUT2D eigenvalue weighted by Gasteiger charge is -2.17. The number of Topliss-reactive ketones (excluding diaryl/α,β-unsaturated/α-hetero) is 1. The zero-order chi connectivity index (χ0) is 10.8. The van der Waals surface area contributed by atoms with Crippen LogP contribution in [-0.4, -0.2) is 25.0 Å². The first-order chi connectivity index (χ1) is 7.16. The molecule has 1 unspecified atom stereocenters. The molecule has 0 aliphatic carbocycles. The number of halogens is 1. The first-order valence-electron chi connectivity index (χ1n) is 5.17. The molecule has 1 atom stereocenters. The topological polar surface area (TPSA) is 20.3 Å². The lowest BCUT2D eigenvalue weighted by Crippen LogP contribution is -2.19. The molecule has 0 amide bonds. The average Bonchev–Trinajstić information content (AvgIpc) is 2.65. The summed E-state index contributed by atoms with van der Waals surface area (Å²) in [6, 6.07) is 7.36. The van der Waals surface area contributed by atoms with Gasteiger partial charge >= 0.3 is 0 Å². The average molecular weight is 207 g/mol. The maximum Gasteiger partial charge on any atom is 0.159 e. The molecule has 0 saturated carbocycles. The van der Waals surface area contributed by atoms with Gasteiger partial charge in [-0.05, 0) is 37.6 Å². The van der Waals surface area contributed by atoms with E-state index in [-0.39, 0.29) is 5.78 Å². The number of carbonyl (C=O) groups is 1. The third-order valence-corrected chi connectivity index (χ3v) is 2.77. The predicted octanol–water partition coefficient (Wildman–Crippen LogP) is 2.44. The van der Waals surface area contributed by atoms with E-state index in [9.17, 15) is 9.18 Å². The van der Waals surface area contributed by atoms with Gasteiger partial charge in [-0.2, -0.15) is 0 Å². The van der Waals surface area contributed by atoms with E-state index < -0.39 is 6.17 Å². The minimum atomic E-state index is -0.711. The maximum absolute atomic E-state index is 13.0. The van der Waals surface area contributed by atoms with E-state index in [0.29, 0.717) is 18.5 Å². The summed E-state index contributed by atoms with van der Waals surface area (Å²) in [6.07, 6.45) is -0.105. The zero-order valence-electron chi connectivity index (χ0n) is 8.74. The number of hydrogen-bond donors (Lipinski definition) is 0. The Morgan fingerprint density at radius 3 is 2.53 bits per heavy atom. The molecule has 2 rings (SSSR count). The fourth-order valence-corrected chi connectivity index (χ4v) is 1.86. The van der Waals surface area contributed by atoms with E-state index in [1.807, 2.05) is 17.0 Å². The maximum atomic E-state index is 13.0. The molecule has 1 heterocycles. The Balaban J connectivity index is 2.13. The van der Waals surface area contributed by atoms with Crippen LogP contribution in [0.2, 0.25) is 0 Å². The van der Waals surface area contributed by atoms with Crippen LogP contribution in [0.5, 0.6) is 0 Å². The van der Waals surface area contributed by atoms with Crippen molar-refractivity contribution in [2.45, 2.75) is 19.5 Å². The van der Waals surface area contributed by atoms with Crippen molar-refractivity contribution in [2.75, 3.05) is 18.0 Å². The summed E-state index contributed by atoms with van der Waals surface area (Å²) in [5.74, 6) is 0.0614. The molecule has 0 aromatic heterocycles. The smallest absolute Gasteiger partial charge is 0.159 e. The van der Waals surface area contributed by atoms with Crippen molar-refractivity contribution in [3.63, 3.8) is 0 Å². The van der Waals surface area contributed by atoms with Crippen LogP contribution < -0.4 is 4.90 Å². The van der Waals surface area contributed by atoms with Gasteiger partial charge in [0.05, 0.1) is 0 Å². The normalized spacial score (nSPS) is 20.7. The van der Waals surface area contributed by atoms with Gasteiger partial charge in [-0.15, -0.1) is 0 Å². The summed E-state index contributed by atoms with van der Waals surface area (Å²) in [5.41, 5.74) is 1.70. The van der Waals surface area contributed by atoms with Gasteiger partial charge in [-0.3, -0.25) is 4.79 Å². The third-order valence-electron chi connectivity index (χ3n) is 2.77. The van der Waals surface area contributed by atoms with Crippen molar-refractivity contribution in [1.82, 2.24) is 0 Å². The van der Waals surface area contributed by atoms with Gasteiger partial charge in [-0.25, -0.2) is 4.39 Å². The van der Waals surface area contributed by atoms with E-state index in [1.54, 1.807) is 19.1 Å². The molecule has 15 heavy (non-hydrogen) atoms. The first kappa shape index (κ1) is 10.1. The van der Waals surface area contributed by atoms with Crippen LogP contribution >= 0.6 is 0 Å². The van der Waals surface area contributed by atoms with Gasteiger partial charge in [0.15, 0.2) is 5.78 Å². The quantitative estimate of drug-likeness (QED) is 0.694. The number of nitrogens with zero attached hydrogens (tertiary/aromatic N) is 1. The molecular formula is C12H14FNO. The highest BCUT2D eigenvalue weighted by Gasteiger charge is 2.21. The van der Waals surface area contributed by atoms with E-state index in [1.165, 1.54) is 0 Å². The van der Waals surface area contributed by atoms with Crippen LogP contribution in [0, 0.1) is 0 Å². The van der Waals surface area contributed by atoms with Crippen LogP contribution in [0.4, 0.5) is 10.1 Å². The highest BCUT2D eigenvalue weighted by Crippen LogP contribution is 2.22. The molecule has 0 N–H and O–H groups in total. The summed E-state index contributed by atoms with van der Waals surface area (Å²) in [4.78, 5) is 13.1. The molecule has 1 aromatic carbocycles. The van der Waals surface area contributed by atoms with Gasteiger partial charge < -0.3 is 4.90 Å². The molecule has 1 aliphatic heterocycles. The molecule has 1 aliphatic rings. The molecule has 1 saturated heterocycles. The number of carbonyl (C=O) groups excluding carboxylic acids is 1. The van der Waals surface area contributed by atoms with Gasteiger partial charge in [0, 0.05) is 24.3 Å². The molecule has 1 aromatic rings. The van der Waals surface area contributed by atoms with E-state index in [2.05, 4.69) is 0 Å². The predicted molar refractivity (Wildman–Crippen MR) is 58.2 cm³/mol. The van der Waals surface area contributed by atoms with Crippen LogP contribution in [0.1, 0.15) is 23.7 Å². The Morgan fingerprint density at radius 1 is 1.40 bits per heavy atom. The van der Waals surface area contributed by atoms with Gasteiger partial charge in [0.2, 0.25) is 0 Å². The Kier molecular flexibility index (Phi) is 2.71. The molecule has 1 fully saturated rings. The fourth-order valence-electron chi connectivity index (χ4n) is 1.86. The Bertz CT molecular complexity index is 360. The monoisotopic (exact) mass is 207 g/mol. The van der Waals surface area contributed by atoms with Gasteiger partial charge in [0.25, 0.3) is 0 Å². The van der Waals surface area contributed by atoms with Crippen molar-refractivity contribution < 1.29 is 9.18 Å². The summed E-state index contributed by atoms with van der Waals surface area (Å²) in [5, 5.41) is 0. The van der Waals surface area contributed by atoms with Crippen LogP contribution in [0.3, 0.4) is 0 Å². The molecular weight excluding hydrogens is 193 g/mol. The largest absolute Gasteiger partial charge is 0.369 e. The third kappa shape index (κ3) is 2.17. The lowest BCUT2D eigenvalue weighted by atomic mass is 10.1. The summed E-state index contributed by atoms with van der Waals surface area (Å²) in [7, 11) is 0.